The average molecular weight is 300 g/mol. The molecule has 2 aromatic rings. The fourth-order valence-corrected chi connectivity index (χ4v) is 3.51. The molecule has 0 amide bonds. The van der Waals surface area contributed by atoms with Crippen molar-refractivity contribution < 1.29 is 8.42 Å². The molecule has 0 saturated heterocycles. The zero-order valence-corrected chi connectivity index (χ0v) is 12.8. The molecular weight excluding hydrogens is 284 g/mol. The molecule has 4 nitrogen and oxygen atoms in total. The Bertz CT molecular complexity index is 788. The number of nitrogens with zero attached hydrogens (tertiary/aromatic N) is 2. The molecule has 5 heteroatoms. The monoisotopic (exact) mass is 300 g/mol. The lowest BCUT2D eigenvalue weighted by molar-refractivity contribution is 0.594. The van der Waals surface area contributed by atoms with Gasteiger partial charge in [0.25, 0.3) is 0 Å². The van der Waals surface area contributed by atoms with Crippen LogP contribution in [0.2, 0.25) is 0 Å². The van der Waals surface area contributed by atoms with E-state index in [9.17, 15) is 8.42 Å². The maximum absolute atomic E-state index is 12.3. The Balaban J connectivity index is 2.58. The summed E-state index contributed by atoms with van der Waals surface area (Å²) in [6.45, 7) is 3.78. The third-order valence-corrected chi connectivity index (χ3v) is 5.08. The van der Waals surface area contributed by atoms with E-state index < -0.39 is 9.84 Å². The number of hydrogen-bond donors (Lipinski definition) is 0. The highest BCUT2D eigenvalue weighted by atomic mass is 32.2. The Labute approximate surface area is 125 Å². The van der Waals surface area contributed by atoms with E-state index in [1.807, 2.05) is 37.3 Å². The van der Waals surface area contributed by atoms with Crippen molar-refractivity contribution in [3.8, 4) is 17.2 Å². The summed E-state index contributed by atoms with van der Waals surface area (Å²) in [4.78, 5) is 4.02. The molecule has 0 radical (unpaired) electrons. The van der Waals surface area contributed by atoms with Crippen molar-refractivity contribution in [2.45, 2.75) is 25.2 Å². The Morgan fingerprint density at radius 1 is 1.19 bits per heavy atom. The van der Waals surface area contributed by atoms with Gasteiger partial charge in [0.1, 0.15) is 11.0 Å². The zero-order valence-electron chi connectivity index (χ0n) is 12.0. The van der Waals surface area contributed by atoms with Gasteiger partial charge in [0.05, 0.1) is 5.75 Å². The second-order valence-electron chi connectivity index (χ2n) is 4.87. The topological polar surface area (TPSA) is 70.8 Å². The van der Waals surface area contributed by atoms with E-state index in [1.54, 1.807) is 13.0 Å². The highest BCUT2D eigenvalue weighted by molar-refractivity contribution is 7.91. The summed E-state index contributed by atoms with van der Waals surface area (Å²) in [7, 11) is -3.48. The van der Waals surface area contributed by atoms with Crippen LogP contribution in [-0.2, 0) is 9.84 Å². The van der Waals surface area contributed by atoms with Gasteiger partial charge in [-0.25, -0.2) is 13.4 Å². The van der Waals surface area contributed by atoms with Gasteiger partial charge in [-0.1, -0.05) is 36.8 Å². The van der Waals surface area contributed by atoms with Crippen LogP contribution < -0.4 is 0 Å². The standard InChI is InChI=1S/C16H16N2O2S/c1-3-8-21(19,20)16-9-14(11-18-15(16)10-17)13-6-4-12(2)5-7-13/h4-7,9,11H,3,8H2,1-2H3. The fourth-order valence-electron chi connectivity index (χ4n) is 2.05. The normalized spacial score (nSPS) is 11.1. The molecule has 0 N–H and O–H groups in total. The van der Waals surface area contributed by atoms with E-state index >= 15 is 0 Å². The third-order valence-electron chi connectivity index (χ3n) is 3.15. The van der Waals surface area contributed by atoms with E-state index in [1.165, 1.54) is 6.20 Å². The molecule has 0 aliphatic heterocycles. The summed E-state index contributed by atoms with van der Waals surface area (Å²) in [6, 6.07) is 11.1. The van der Waals surface area contributed by atoms with Gasteiger partial charge in [-0.05, 0) is 25.0 Å². The maximum atomic E-state index is 12.3. The van der Waals surface area contributed by atoms with Crippen molar-refractivity contribution in [1.82, 2.24) is 4.98 Å². The number of aromatic nitrogens is 1. The number of sulfone groups is 1. The molecular formula is C16H16N2O2S. The zero-order chi connectivity index (χ0) is 15.5. The van der Waals surface area contributed by atoms with Crippen LogP contribution in [0.1, 0.15) is 24.6 Å². The largest absolute Gasteiger partial charge is 0.244 e. The van der Waals surface area contributed by atoms with Crippen LogP contribution >= 0.6 is 0 Å². The minimum atomic E-state index is -3.48. The number of hydrogen-bond acceptors (Lipinski definition) is 4. The van der Waals surface area contributed by atoms with Crippen LogP contribution in [0.25, 0.3) is 11.1 Å². The number of pyridine rings is 1. The molecule has 0 saturated carbocycles. The van der Waals surface area contributed by atoms with Gasteiger partial charge >= 0.3 is 0 Å². The van der Waals surface area contributed by atoms with Crippen LogP contribution in [0, 0.1) is 18.3 Å². The van der Waals surface area contributed by atoms with Gasteiger partial charge in [-0.2, -0.15) is 5.26 Å². The number of aryl methyl sites for hydroxylation is 1. The van der Waals surface area contributed by atoms with Crippen LogP contribution in [-0.4, -0.2) is 19.2 Å². The fraction of sp³-hybridized carbons (Fsp3) is 0.250. The van der Waals surface area contributed by atoms with Crippen LogP contribution in [0.5, 0.6) is 0 Å². The van der Waals surface area contributed by atoms with Gasteiger partial charge in [0.2, 0.25) is 0 Å². The highest BCUT2D eigenvalue weighted by Crippen LogP contribution is 2.24. The molecule has 0 atom stereocenters. The van der Waals surface area contributed by atoms with E-state index in [0.717, 1.165) is 11.1 Å². The maximum Gasteiger partial charge on any atom is 0.181 e. The first kappa shape index (κ1) is 15.2. The van der Waals surface area contributed by atoms with Gasteiger partial charge in [0, 0.05) is 11.8 Å². The lowest BCUT2D eigenvalue weighted by atomic mass is 10.1. The average Bonchev–Trinajstić information content (AvgIpc) is 2.47. The second-order valence-corrected chi connectivity index (χ2v) is 6.95. The quantitative estimate of drug-likeness (QED) is 0.869. The first-order valence-electron chi connectivity index (χ1n) is 6.68. The molecule has 0 fully saturated rings. The molecule has 21 heavy (non-hydrogen) atoms. The lowest BCUT2D eigenvalue weighted by Gasteiger charge is -2.08. The first-order chi connectivity index (χ1) is 9.97. The van der Waals surface area contributed by atoms with Gasteiger partial charge in [-0.15, -0.1) is 0 Å². The van der Waals surface area contributed by atoms with Crippen LogP contribution in [0.4, 0.5) is 0 Å². The van der Waals surface area contributed by atoms with Crippen molar-refractivity contribution in [2.24, 2.45) is 0 Å². The molecule has 2 rings (SSSR count). The third kappa shape index (κ3) is 3.29. The van der Waals surface area contributed by atoms with E-state index in [0.29, 0.717) is 12.0 Å². The minimum absolute atomic E-state index is 0.0146. The van der Waals surface area contributed by atoms with Crippen molar-refractivity contribution in [1.29, 1.82) is 5.26 Å². The SMILES string of the molecule is CCCS(=O)(=O)c1cc(-c2ccc(C)cc2)cnc1C#N. The molecule has 1 aromatic carbocycles. The highest BCUT2D eigenvalue weighted by Gasteiger charge is 2.20. The van der Waals surface area contributed by atoms with Crippen molar-refractivity contribution in [2.75, 3.05) is 5.75 Å². The number of benzene rings is 1. The number of rotatable bonds is 4. The summed E-state index contributed by atoms with van der Waals surface area (Å²) in [5.74, 6) is 0.0146. The Morgan fingerprint density at radius 3 is 2.43 bits per heavy atom. The number of nitriles is 1. The lowest BCUT2D eigenvalue weighted by Crippen LogP contribution is -2.09. The summed E-state index contributed by atoms with van der Waals surface area (Å²) in [6.07, 6.45) is 2.04. The van der Waals surface area contributed by atoms with E-state index in [4.69, 9.17) is 5.26 Å². The summed E-state index contributed by atoms with van der Waals surface area (Å²) >= 11 is 0. The van der Waals surface area contributed by atoms with E-state index in [2.05, 4.69) is 4.98 Å². The van der Waals surface area contributed by atoms with Gasteiger partial charge in [0.15, 0.2) is 15.5 Å². The molecule has 0 aliphatic carbocycles. The molecule has 1 aromatic heterocycles. The molecule has 0 bridgehead atoms. The molecule has 0 unspecified atom stereocenters. The summed E-state index contributed by atoms with van der Waals surface area (Å²) in [5, 5.41) is 9.07. The molecule has 0 aliphatic rings. The molecule has 108 valence electrons. The second kappa shape index (κ2) is 6.06. The molecule has 0 spiro atoms. The first-order valence-corrected chi connectivity index (χ1v) is 8.33. The molecule has 1 heterocycles. The summed E-state index contributed by atoms with van der Waals surface area (Å²) in [5.41, 5.74) is 2.66. The Morgan fingerprint density at radius 2 is 1.86 bits per heavy atom. The van der Waals surface area contributed by atoms with Crippen molar-refractivity contribution >= 4 is 9.84 Å². The Kier molecular flexibility index (Phi) is 4.39. The summed E-state index contributed by atoms with van der Waals surface area (Å²) < 4.78 is 24.5. The van der Waals surface area contributed by atoms with Gasteiger partial charge in [-0.3, -0.25) is 0 Å². The smallest absolute Gasteiger partial charge is 0.181 e. The van der Waals surface area contributed by atoms with Crippen molar-refractivity contribution in [3.63, 3.8) is 0 Å². The Hall–Kier alpha value is -2.19. The van der Waals surface area contributed by atoms with Crippen molar-refractivity contribution in [3.05, 3.63) is 47.8 Å². The van der Waals surface area contributed by atoms with Gasteiger partial charge < -0.3 is 0 Å². The predicted molar refractivity (Wildman–Crippen MR) is 81.5 cm³/mol. The predicted octanol–water partition coefficient (Wildman–Crippen LogP) is 3.11. The van der Waals surface area contributed by atoms with E-state index in [-0.39, 0.29) is 16.3 Å². The van der Waals surface area contributed by atoms with Crippen LogP contribution in [0.3, 0.4) is 0 Å². The van der Waals surface area contributed by atoms with Crippen LogP contribution in [0.15, 0.2) is 41.4 Å². The minimum Gasteiger partial charge on any atom is -0.244 e.